The first-order valence-electron chi connectivity index (χ1n) is 6.40. The summed E-state index contributed by atoms with van der Waals surface area (Å²) >= 11 is 1.51. The lowest BCUT2D eigenvalue weighted by atomic mass is 10.2. The van der Waals surface area contributed by atoms with Gasteiger partial charge in [-0.2, -0.15) is 0 Å². The Morgan fingerprint density at radius 3 is 2.67 bits per heavy atom. The number of hydrogen-bond acceptors (Lipinski definition) is 4. The molecule has 5 heteroatoms. The van der Waals surface area contributed by atoms with Crippen molar-refractivity contribution in [2.75, 3.05) is 19.6 Å². The fourth-order valence-electron chi connectivity index (χ4n) is 1.84. The number of amides is 1. The lowest BCUT2D eigenvalue weighted by Gasteiger charge is -2.24. The average Bonchev–Trinajstić information content (AvgIpc) is 2.88. The zero-order valence-electron chi connectivity index (χ0n) is 11.3. The molecule has 3 N–H and O–H groups in total. The van der Waals surface area contributed by atoms with Crippen molar-refractivity contribution in [3.63, 3.8) is 0 Å². The Bertz CT molecular complexity index is 349. The molecule has 2 atom stereocenters. The molecule has 1 rings (SSSR count). The zero-order valence-corrected chi connectivity index (χ0v) is 12.2. The van der Waals surface area contributed by atoms with Gasteiger partial charge >= 0.3 is 0 Å². The van der Waals surface area contributed by atoms with Crippen LogP contribution in [0.1, 0.15) is 31.7 Å². The molecule has 0 fully saturated rings. The molecule has 0 radical (unpaired) electrons. The highest BCUT2D eigenvalue weighted by molar-refractivity contribution is 7.10. The third kappa shape index (κ3) is 4.40. The topological polar surface area (TPSA) is 58.4 Å². The first-order chi connectivity index (χ1) is 8.58. The van der Waals surface area contributed by atoms with Crippen LogP contribution in [-0.4, -0.2) is 36.5 Å². The Labute approximate surface area is 113 Å². The molecule has 1 heterocycles. The molecule has 1 aromatic heterocycles. The van der Waals surface area contributed by atoms with E-state index in [0.29, 0.717) is 0 Å². The van der Waals surface area contributed by atoms with Crippen molar-refractivity contribution < 1.29 is 4.79 Å². The molecule has 1 amide bonds. The number of thiophene rings is 1. The van der Waals surface area contributed by atoms with Gasteiger partial charge in [0, 0.05) is 17.5 Å². The highest BCUT2D eigenvalue weighted by Gasteiger charge is 2.19. The van der Waals surface area contributed by atoms with Crippen LogP contribution in [0.2, 0.25) is 0 Å². The monoisotopic (exact) mass is 269 g/mol. The van der Waals surface area contributed by atoms with Gasteiger partial charge in [-0.3, -0.25) is 4.79 Å². The van der Waals surface area contributed by atoms with E-state index < -0.39 is 6.04 Å². The van der Waals surface area contributed by atoms with Crippen molar-refractivity contribution >= 4 is 17.2 Å². The maximum Gasteiger partial charge on any atom is 0.242 e. The first kappa shape index (κ1) is 15.1. The van der Waals surface area contributed by atoms with Crippen molar-refractivity contribution in [1.82, 2.24) is 10.2 Å². The van der Waals surface area contributed by atoms with Crippen LogP contribution in [0, 0.1) is 0 Å². The van der Waals surface area contributed by atoms with Gasteiger partial charge in [0.2, 0.25) is 5.91 Å². The third-order valence-electron chi connectivity index (χ3n) is 2.95. The number of carbonyl (C=O) groups is 1. The number of likely N-dealkylation sites (N-methyl/N-ethyl adjacent to an activating group) is 1. The van der Waals surface area contributed by atoms with E-state index in [9.17, 15) is 4.79 Å². The largest absolute Gasteiger partial charge is 0.351 e. The zero-order chi connectivity index (χ0) is 13.5. The minimum absolute atomic E-state index is 0.0999. The molecule has 102 valence electrons. The molecule has 0 aliphatic carbocycles. The summed E-state index contributed by atoms with van der Waals surface area (Å²) in [6.07, 6.45) is 0. The van der Waals surface area contributed by atoms with Crippen LogP contribution in [0.4, 0.5) is 0 Å². The fourth-order valence-corrected chi connectivity index (χ4v) is 2.57. The summed E-state index contributed by atoms with van der Waals surface area (Å²) < 4.78 is 0. The van der Waals surface area contributed by atoms with Crippen LogP contribution in [0.3, 0.4) is 0 Å². The molecule has 4 nitrogen and oxygen atoms in total. The molecule has 0 spiro atoms. The standard InChI is InChI=1S/C13H23N3OS/c1-4-16(5-2)9-10(3)15-13(17)12(14)11-7-6-8-18-11/h6-8,10,12H,4-5,9,14H2,1-3H3,(H,15,17). The van der Waals surface area contributed by atoms with Crippen LogP contribution in [0.15, 0.2) is 17.5 Å². The van der Waals surface area contributed by atoms with E-state index in [1.165, 1.54) is 11.3 Å². The van der Waals surface area contributed by atoms with E-state index in [4.69, 9.17) is 5.73 Å². The van der Waals surface area contributed by atoms with E-state index in [1.54, 1.807) is 0 Å². The van der Waals surface area contributed by atoms with Gasteiger partial charge < -0.3 is 16.0 Å². The predicted octanol–water partition coefficient (Wildman–Crippen LogP) is 1.59. The van der Waals surface area contributed by atoms with Gasteiger partial charge in [-0.25, -0.2) is 0 Å². The number of nitrogens with zero attached hydrogens (tertiary/aromatic N) is 1. The molecular formula is C13H23N3OS. The van der Waals surface area contributed by atoms with Gasteiger partial charge in [-0.1, -0.05) is 19.9 Å². The van der Waals surface area contributed by atoms with E-state index in [0.717, 1.165) is 24.5 Å². The third-order valence-corrected chi connectivity index (χ3v) is 3.90. The molecule has 0 aliphatic rings. The van der Waals surface area contributed by atoms with E-state index in [1.807, 2.05) is 24.4 Å². The highest BCUT2D eigenvalue weighted by Crippen LogP contribution is 2.16. The second-order valence-corrected chi connectivity index (χ2v) is 5.37. The van der Waals surface area contributed by atoms with Crippen LogP contribution in [-0.2, 0) is 4.79 Å². The van der Waals surface area contributed by atoms with Crippen LogP contribution in [0.25, 0.3) is 0 Å². The summed E-state index contributed by atoms with van der Waals surface area (Å²) in [5.74, 6) is -0.0999. The van der Waals surface area contributed by atoms with Crippen LogP contribution < -0.4 is 11.1 Å². The second kappa shape index (κ2) is 7.51. The molecule has 18 heavy (non-hydrogen) atoms. The SMILES string of the molecule is CCN(CC)CC(C)NC(=O)C(N)c1cccs1. The Balaban J connectivity index is 2.44. The summed E-state index contributed by atoms with van der Waals surface area (Å²) in [6.45, 7) is 9.10. The summed E-state index contributed by atoms with van der Waals surface area (Å²) in [5.41, 5.74) is 5.91. The summed E-state index contributed by atoms with van der Waals surface area (Å²) in [4.78, 5) is 15.1. The molecular weight excluding hydrogens is 246 g/mol. The van der Waals surface area contributed by atoms with Gasteiger partial charge in [0.15, 0.2) is 0 Å². The average molecular weight is 269 g/mol. The number of nitrogens with two attached hydrogens (primary N) is 1. The maximum atomic E-state index is 12.0. The van der Waals surface area contributed by atoms with Crippen molar-refractivity contribution in [2.24, 2.45) is 5.73 Å². The molecule has 0 saturated carbocycles. The van der Waals surface area contributed by atoms with Crippen LogP contribution >= 0.6 is 11.3 Å². The van der Waals surface area contributed by atoms with Crippen molar-refractivity contribution in [3.05, 3.63) is 22.4 Å². The Hall–Kier alpha value is -0.910. The number of carbonyl (C=O) groups excluding carboxylic acids is 1. The second-order valence-electron chi connectivity index (χ2n) is 4.39. The van der Waals surface area contributed by atoms with Gasteiger partial charge in [-0.05, 0) is 31.5 Å². The van der Waals surface area contributed by atoms with E-state index >= 15 is 0 Å². The van der Waals surface area contributed by atoms with Crippen LogP contribution in [0.5, 0.6) is 0 Å². The van der Waals surface area contributed by atoms with Gasteiger partial charge in [-0.15, -0.1) is 11.3 Å². The molecule has 0 saturated heterocycles. The van der Waals surface area contributed by atoms with Crippen molar-refractivity contribution in [2.45, 2.75) is 32.9 Å². The molecule has 2 unspecified atom stereocenters. The van der Waals surface area contributed by atoms with Gasteiger partial charge in [0.25, 0.3) is 0 Å². The first-order valence-corrected chi connectivity index (χ1v) is 7.28. The van der Waals surface area contributed by atoms with E-state index in [-0.39, 0.29) is 11.9 Å². The normalized spacial score (nSPS) is 14.5. The summed E-state index contributed by atoms with van der Waals surface area (Å²) in [5, 5.41) is 4.90. The smallest absolute Gasteiger partial charge is 0.242 e. The maximum absolute atomic E-state index is 12.0. The summed E-state index contributed by atoms with van der Waals surface area (Å²) in [6, 6.07) is 3.36. The highest BCUT2D eigenvalue weighted by atomic mass is 32.1. The molecule has 0 aliphatic heterocycles. The van der Waals surface area contributed by atoms with Gasteiger partial charge in [0.05, 0.1) is 0 Å². The Morgan fingerprint density at radius 2 is 2.17 bits per heavy atom. The molecule has 0 bridgehead atoms. The lowest BCUT2D eigenvalue weighted by molar-refractivity contribution is -0.123. The Kier molecular flexibility index (Phi) is 6.32. The molecule has 0 aromatic carbocycles. The minimum Gasteiger partial charge on any atom is -0.351 e. The number of hydrogen-bond donors (Lipinski definition) is 2. The molecule has 1 aromatic rings. The Morgan fingerprint density at radius 1 is 1.50 bits per heavy atom. The van der Waals surface area contributed by atoms with Crippen molar-refractivity contribution in [1.29, 1.82) is 0 Å². The summed E-state index contributed by atoms with van der Waals surface area (Å²) in [7, 11) is 0. The fraction of sp³-hybridized carbons (Fsp3) is 0.615. The number of nitrogens with one attached hydrogen (secondary N) is 1. The van der Waals surface area contributed by atoms with Crippen molar-refractivity contribution in [3.8, 4) is 0 Å². The minimum atomic E-state index is -0.552. The lowest BCUT2D eigenvalue weighted by Crippen LogP contribution is -2.45. The van der Waals surface area contributed by atoms with E-state index in [2.05, 4.69) is 24.1 Å². The predicted molar refractivity (Wildman–Crippen MR) is 76.6 cm³/mol. The quantitative estimate of drug-likeness (QED) is 0.790. The van der Waals surface area contributed by atoms with Gasteiger partial charge in [0.1, 0.15) is 6.04 Å². The number of rotatable bonds is 7.